The van der Waals surface area contributed by atoms with Crippen molar-refractivity contribution >= 4 is 5.91 Å². The topological polar surface area (TPSA) is 75.6 Å². The number of H-pyrrole nitrogens is 1. The Labute approximate surface area is 99.1 Å². The highest BCUT2D eigenvalue weighted by molar-refractivity contribution is 5.96. The first-order chi connectivity index (χ1) is 8.09. The predicted molar refractivity (Wildman–Crippen MR) is 62.4 cm³/mol. The van der Waals surface area contributed by atoms with Gasteiger partial charge in [0.15, 0.2) is 0 Å². The number of hydrogen-bond acceptors (Lipinski definition) is 3. The number of imidazole rings is 1. The standard InChI is InChI=1S/C11H15N5O/c1-7-10(8(2)16(3)15-7)11(17)14-6-9-12-4-5-13-9/h4-5H,6H2,1-3H3,(H,12,13)(H,14,17). The van der Waals surface area contributed by atoms with Crippen LogP contribution in [0.5, 0.6) is 0 Å². The van der Waals surface area contributed by atoms with E-state index in [1.165, 1.54) is 0 Å². The Bertz CT molecular complexity index is 526. The number of carbonyl (C=O) groups is 1. The van der Waals surface area contributed by atoms with Gasteiger partial charge in [-0.05, 0) is 13.8 Å². The lowest BCUT2D eigenvalue weighted by Crippen LogP contribution is -2.24. The van der Waals surface area contributed by atoms with Gasteiger partial charge in [-0.1, -0.05) is 0 Å². The third-order valence-electron chi connectivity index (χ3n) is 2.71. The molecule has 0 fully saturated rings. The van der Waals surface area contributed by atoms with Crippen LogP contribution >= 0.6 is 0 Å². The molecule has 0 saturated carbocycles. The number of rotatable bonds is 3. The highest BCUT2D eigenvalue weighted by Crippen LogP contribution is 2.11. The van der Waals surface area contributed by atoms with Crippen molar-refractivity contribution in [3.05, 3.63) is 35.2 Å². The Morgan fingerprint density at radius 1 is 1.53 bits per heavy atom. The van der Waals surface area contributed by atoms with E-state index in [9.17, 15) is 4.79 Å². The molecule has 0 radical (unpaired) electrons. The van der Waals surface area contributed by atoms with Gasteiger partial charge in [-0.2, -0.15) is 5.10 Å². The van der Waals surface area contributed by atoms with Gasteiger partial charge in [-0.3, -0.25) is 9.48 Å². The molecule has 0 unspecified atom stereocenters. The van der Waals surface area contributed by atoms with Crippen LogP contribution in [0.4, 0.5) is 0 Å². The van der Waals surface area contributed by atoms with Crippen LogP contribution in [0.1, 0.15) is 27.6 Å². The molecule has 2 aromatic heterocycles. The van der Waals surface area contributed by atoms with Gasteiger partial charge in [-0.15, -0.1) is 0 Å². The maximum Gasteiger partial charge on any atom is 0.255 e. The second-order valence-corrected chi connectivity index (χ2v) is 3.89. The molecule has 6 heteroatoms. The van der Waals surface area contributed by atoms with Gasteiger partial charge in [0.2, 0.25) is 0 Å². The summed E-state index contributed by atoms with van der Waals surface area (Å²) in [6.07, 6.45) is 3.38. The zero-order chi connectivity index (χ0) is 12.4. The zero-order valence-electron chi connectivity index (χ0n) is 10.1. The molecule has 2 heterocycles. The lowest BCUT2D eigenvalue weighted by Gasteiger charge is -2.03. The summed E-state index contributed by atoms with van der Waals surface area (Å²) in [5.74, 6) is 0.613. The summed E-state index contributed by atoms with van der Waals surface area (Å²) >= 11 is 0. The quantitative estimate of drug-likeness (QED) is 0.819. The molecule has 0 atom stereocenters. The normalized spacial score (nSPS) is 10.5. The minimum Gasteiger partial charge on any atom is -0.347 e. The van der Waals surface area contributed by atoms with Gasteiger partial charge in [0.25, 0.3) is 5.91 Å². The summed E-state index contributed by atoms with van der Waals surface area (Å²) < 4.78 is 1.71. The van der Waals surface area contributed by atoms with Gasteiger partial charge in [-0.25, -0.2) is 4.98 Å². The molecule has 2 aromatic rings. The Hall–Kier alpha value is -2.11. The van der Waals surface area contributed by atoms with Gasteiger partial charge in [0.05, 0.1) is 17.8 Å². The van der Waals surface area contributed by atoms with Crippen molar-refractivity contribution in [1.29, 1.82) is 0 Å². The van der Waals surface area contributed by atoms with Crippen LogP contribution in [0.25, 0.3) is 0 Å². The van der Waals surface area contributed by atoms with E-state index >= 15 is 0 Å². The van der Waals surface area contributed by atoms with E-state index in [-0.39, 0.29) is 5.91 Å². The number of aryl methyl sites for hydroxylation is 2. The average molecular weight is 233 g/mol. The van der Waals surface area contributed by atoms with Gasteiger partial charge in [0.1, 0.15) is 5.82 Å². The van der Waals surface area contributed by atoms with E-state index < -0.39 is 0 Å². The number of nitrogens with zero attached hydrogens (tertiary/aromatic N) is 3. The van der Waals surface area contributed by atoms with Crippen LogP contribution in [-0.2, 0) is 13.6 Å². The van der Waals surface area contributed by atoms with Gasteiger partial charge >= 0.3 is 0 Å². The number of aromatic nitrogens is 4. The van der Waals surface area contributed by atoms with E-state index in [4.69, 9.17) is 0 Å². The van der Waals surface area contributed by atoms with Gasteiger partial charge < -0.3 is 10.3 Å². The second-order valence-electron chi connectivity index (χ2n) is 3.89. The molecule has 0 bridgehead atoms. The summed E-state index contributed by atoms with van der Waals surface area (Å²) in [5, 5.41) is 7.02. The molecule has 0 saturated heterocycles. The van der Waals surface area contributed by atoms with E-state index in [0.29, 0.717) is 12.1 Å². The fourth-order valence-corrected chi connectivity index (χ4v) is 1.75. The van der Waals surface area contributed by atoms with Crippen molar-refractivity contribution in [2.75, 3.05) is 0 Å². The first-order valence-electron chi connectivity index (χ1n) is 5.36. The Morgan fingerprint density at radius 3 is 2.82 bits per heavy atom. The maximum absolute atomic E-state index is 12.0. The maximum atomic E-state index is 12.0. The van der Waals surface area contributed by atoms with E-state index in [2.05, 4.69) is 20.4 Å². The lowest BCUT2D eigenvalue weighted by atomic mass is 10.2. The van der Waals surface area contributed by atoms with Crippen molar-refractivity contribution in [3.8, 4) is 0 Å². The van der Waals surface area contributed by atoms with Crippen molar-refractivity contribution in [3.63, 3.8) is 0 Å². The molecule has 0 aromatic carbocycles. The molecule has 0 spiro atoms. The van der Waals surface area contributed by atoms with Crippen LogP contribution in [0.15, 0.2) is 12.4 Å². The van der Waals surface area contributed by atoms with Gasteiger partial charge in [0, 0.05) is 25.1 Å². The molecule has 17 heavy (non-hydrogen) atoms. The van der Waals surface area contributed by atoms with Crippen LogP contribution in [0.2, 0.25) is 0 Å². The monoisotopic (exact) mass is 233 g/mol. The van der Waals surface area contributed by atoms with Crippen LogP contribution in [0, 0.1) is 13.8 Å². The summed E-state index contributed by atoms with van der Waals surface area (Å²) in [4.78, 5) is 19.0. The number of amides is 1. The Morgan fingerprint density at radius 2 is 2.29 bits per heavy atom. The molecule has 2 N–H and O–H groups in total. The van der Waals surface area contributed by atoms with Crippen LogP contribution in [0.3, 0.4) is 0 Å². The fraction of sp³-hybridized carbons (Fsp3) is 0.364. The second kappa shape index (κ2) is 4.40. The Balaban J connectivity index is 2.10. The SMILES string of the molecule is Cc1nn(C)c(C)c1C(=O)NCc1ncc[nH]1. The third kappa shape index (κ3) is 2.20. The first kappa shape index (κ1) is 11.4. The van der Waals surface area contributed by atoms with Crippen molar-refractivity contribution < 1.29 is 4.79 Å². The average Bonchev–Trinajstić information content (AvgIpc) is 2.86. The number of aromatic amines is 1. The summed E-state index contributed by atoms with van der Waals surface area (Å²) in [7, 11) is 1.83. The lowest BCUT2D eigenvalue weighted by molar-refractivity contribution is 0.0948. The van der Waals surface area contributed by atoms with Crippen molar-refractivity contribution in [1.82, 2.24) is 25.1 Å². The van der Waals surface area contributed by atoms with Crippen molar-refractivity contribution in [2.24, 2.45) is 7.05 Å². The predicted octanol–water partition coefficient (Wildman–Crippen LogP) is 0.690. The minimum absolute atomic E-state index is 0.121. The summed E-state index contributed by atoms with van der Waals surface area (Å²) in [6.45, 7) is 4.09. The smallest absolute Gasteiger partial charge is 0.255 e. The van der Waals surface area contributed by atoms with E-state index in [1.54, 1.807) is 17.1 Å². The molecule has 0 aliphatic rings. The van der Waals surface area contributed by atoms with Crippen molar-refractivity contribution in [2.45, 2.75) is 20.4 Å². The third-order valence-corrected chi connectivity index (χ3v) is 2.71. The Kier molecular flexibility index (Phi) is 2.95. The molecule has 90 valence electrons. The van der Waals surface area contributed by atoms with E-state index in [0.717, 1.165) is 17.2 Å². The number of carbonyl (C=O) groups excluding carboxylic acids is 1. The molecule has 0 aliphatic carbocycles. The highest BCUT2D eigenvalue weighted by atomic mass is 16.1. The minimum atomic E-state index is -0.121. The first-order valence-corrected chi connectivity index (χ1v) is 5.36. The molecule has 0 aliphatic heterocycles. The number of hydrogen-bond donors (Lipinski definition) is 2. The largest absolute Gasteiger partial charge is 0.347 e. The summed E-state index contributed by atoms with van der Waals surface area (Å²) in [5.41, 5.74) is 2.24. The fourth-order valence-electron chi connectivity index (χ4n) is 1.75. The molecule has 2 rings (SSSR count). The van der Waals surface area contributed by atoms with Crippen LogP contribution < -0.4 is 5.32 Å². The number of nitrogens with one attached hydrogen (secondary N) is 2. The highest BCUT2D eigenvalue weighted by Gasteiger charge is 2.16. The molecule has 6 nitrogen and oxygen atoms in total. The van der Waals surface area contributed by atoms with Crippen LogP contribution in [-0.4, -0.2) is 25.7 Å². The molecule has 1 amide bonds. The zero-order valence-corrected chi connectivity index (χ0v) is 10.1. The molecular formula is C11H15N5O. The molecular weight excluding hydrogens is 218 g/mol. The van der Waals surface area contributed by atoms with E-state index in [1.807, 2.05) is 20.9 Å². The summed E-state index contributed by atoms with van der Waals surface area (Å²) in [6, 6.07) is 0.